The Morgan fingerprint density at radius 2 is 0.903 bits per heavy atom. The molecule has 9 aromatic rings. The molecule has 6 nitrogen and oxygen atoms in total. The quantitative estimate of drug-likeness (QED) is 0.152. The van der Waals surface area contributed by atoms with E-state index < -0.39 is 5.41 Å². The highest BCUT2D eigenvalue weighted by molar-refractivity contribution is 5.79. The molecule has 0 saturated carbocycles. The zero-order valence-electron chi connectivity index (χ0n) is 33.9. The van der Waals surface area contributed by atoms with Crippen LogP contribution in [0.2, 0.25) is 0 Å². The average molecular weight is 800 g/mol. The number of rotatable bonds is 8. The summed E-state index contributed by atoms with van der Waals surface area (Å²) in [5, 5.41) is 0. The second kappa shape index (κ2) is 17.3. The third-order valence-corrected chi connectivity index (χ3v) is 11.5. The van der Waals surface area contributed by atoms with E-state index in [0.717, 1.165) is 84.2 Å². The molecule has 4 aromatic heterocycles. The van der Waals surface area contributed by atoms with Gasteiger partial charge in [0.1, 0.15) is 12.4 Å². The summed E-state index contributed by atoms with van der Waals surface area (Å²) in [7, 11) is 0. The molecule has 0 spiro atoms. The average Bonchev–Trinajstić information content (AvgIpc) is 3.36. The van der Waals surface area contributed by atoms with Crippen molar-refractivity contribution >= 4 is 5.57 Å². The van der Waals surface area contributed by atoms with Gasteiger partial charge in [-0.3, -0.25) is 9.97 Å². The van der Waals surface area contributed by atoms with Crippen molar-refractivity contribution < 1.29 is 4.74 Å². The molecule has 0 radical (unpaired) electrons. The summed E-state index contributed by atoms with van der Waals surface area (Å²) >= 11 is 0. The molecule has 0 amide bonds. The number of aromatic nitrogens is 5. The number of nitrogens with zero attached hydrogens (tertiary/aromatic N) is 5. The lowest BCUT2D eigenvalue weighted by molar-refractivity contribution is 0.352. The molecule has 0 atom stereocenters. The van der Waals surface area contributed by atoms with E-state index in [-0.39, 0.29) is 0 Å². The van der Waals surface area contributed by atoms with Gasteiger partial charge in [-0.25, -0.2) is 15.0 Å². The topological polar surface area (TPSA) is 73.7 Å². The van der Waals surface area contributed by atoms with Gasteiger partial charge in [-0.15, -0.1) is 0 Å². The van der Waals surface area contributed by atoms with Crippen molar-refractivity contribution in [1.29, 1.82) is 0 Å². The highest BCUT2D eigenvalue weighted by Crippen LogP contribution is 2.48. The van der Waals surface area contributed by atoms with Crippen LogP contribution < -0.4 is 4.74 Å². The summed E-state index contributed by atoms with van der Waals surface area (Å²) < 4.78 is 6.83. The second-order valence-electron chi connectivity index (χ2n) is 15.2. The molecule has 0 bridgehead atoms. The standard InChI is InChI=1S/C56H41N5O/c1-5-14-40(15-6-1)52-39-53(41-16-7-2-8-17-41)61-55(60-52)44-18-13-35-62-54-24-23-45(36-49(54)56(30-25-44,47-19-9-3-10-20-47)48-21-11-4-12-22-48)46-37-50(42-26-31-57-32-27-42)59-51(38-46)43-28-33-58-34-29-43/h1-29,31-34,36-39H,30,35H2/b18-13-,44-25+. The van der Waals surface area contributed by atoms with E-state index in [0.29, 0.717) is 18.9 Å². The number of benzene rings is 5. The zero-order valence-corrected chi connectivity index (χ0v) is 33.9. The molecule has 0 N–H and O–H groups in total. The van der Waals surface area contributed by atoms with Crippen molar-refractivity contribution in [2.45, 2.75) is 11.8 Å². The fourth-order valence-corrected chi connectivity index (χ4v) is 8.38. The van der Waals surface area contributed by atoms with Crippen LogP contribution in [-0.4, -0.2) is 31.5 Å². The van der Waals surface area contributed by atoms with E-state index in [1.54, 1.807) is 24.8 Å². The molecular formula is C56H41N5O. The molecule has 6 heteroatoms. The van der Waals surface area contributed by atoms with Crippen LogP contribution in [0.1, 0.15) is 28.9 Å². The lowest BCUT2D eigenvalue weighted by Crippen LogP contribution is -2.30. The first-order valence-electron chi connectivity index (χ1n) is 20.8. The van der Waals surface area contributed by atoms with E-state index in [1.165, 1.54) is 0 Å². The summed E-state index contributed by atoms with van der Waals surface area (Å²) in [6.45, 7) is 0.348. The molecule has 10 rings (SSSR count). The van der Waals surface area contributed by atoms with E-state index in [1.807, 2.05) is 60.7 Å². The van der Waals surface area contributed by atoms with Crippen molar-refractivity contribution in [3.8, 4) is 61.9 Å². The van der Waals surface area contributed by atoms with Crippen molar-refractivity contribution in [2.75, 3.05) is 6.61 Å². The Morgan fingerprint density at radius 1 is 0.419 bits per heavy atom. The molecule has 1 aliphatic rings. The molecule has 0 saturated heterocycles. The first-order chi connectivity index (χ1) is 30.7. The molecular weight excluding hydrogens is 759 g/mol. The van der Waals surface area contributed by atoms with Gasteiger partial charge in [0, 0.05) is 58.2 Å². The van der Waals surface area contributed by atoms with Crippen LogP contribution in [0.25, 0.3) is 61.7 Å². The smallest absolute Gasteiger partial charge is 0.160 e. The summed E-state index contributed by atoms with van der Waals surface area (Å²) in [5.41, 5.74) is 13.1. The lowest BCUT2D eigenvalue weighted by Gasteiger charge is -2.37. The molecule has 5 heterocycles. The third kappa shape index (κ3) is 7.73. The normalized spacial score (nSPS) is 14.7. The Labute approximate surface area is 361 Å². The van der Waals surface area contributed by atoms with Gasteiger partial charge in [0.2, 0.25) is 0 Å². The molecule has 0 unspecified atom stereocenters. The van der Waals surface area contributed by atoms with Gasteiger partial charge in [0.25, 0.3) is 0 Å². The first-order valence-corrected chi connectivity index (χ1v) is 20.8. The van der Waals surface area contributed by atoms with Crippen molar-refractivity contribution in [3.05, 3.63) is 248 Å². The van der Waals surface area contributed by atoms with Crippen LogP contribution in [0.3, 0.4) is 0 Å². The summed E-state index contributed by atoms with van der Waals surface area (Å²) in [4.78, 5) is 24.2. The van der Waals surface area contributed by atoms with E-state index in [9.17, 15) is 0 Å². The number of fused-ring (bicyclic) bond motifs is 1. The van der Waals surface area contributed by atoms with Gasteiger partial charge in [-0.2, -0.15) is 0 Å². The van der Waals surface area contributed by atoms with Crippen LogP contribution >= 0.6 is 0 Å². The minimum absolute atomic E-state index is 0.348. The SMILES string of the molecule is C1=C\C(c2nc(-c3ccccc3)cc(-c3ccccc3)n2)=C/CC(c2ccccc2)(c2ccccc2)c2cc(-c3cc(-c4ccncc4)nc(-c4ccncc4)c3)ccc2OC/1. The second-order valence-corrected chi connectivity index (χ2v) is 15.2. The predicted octanol–water partition coefficient (Wildman–Crippen LogP) is 12.8. The summed E-state index contributed by atoms with van der Waals surface area (Å²) in [6, 6.07) is 63.2. The Hall–Kier alpha value is -8.09. The molecule has 1 aliphatic heterocycles. The number of pyridine rings is 3. The Morgan fingerprint density at radius 3 is 1.44 bits per heavy atom. The Bertz CT molecular complexity index is 2860. The molecule has 62 heavy (non-hydrogen) atoms. The van der Waals surface area contributed by atoms with Gasteiger partial charge in [0.05, 0.1) is 28.2 Å². The molecule has 0 aliphatic carbocycles. The lowest BCUT2D eigenvalue weighted by atomic mass is 9.66. The maximum atomic E-state index is 6.83. The summed E-state index contributed by atoms with van der Waals surface area (Å²) in [5.74, 6) is 1.46. The van der Waals surface area contributed by atoms with Crippen LogP contribution in [0.5, 0.6) is 5.75 Å². The molecule has 5 aromatic carbocycles. The minimum atomic E-state index is -0.696. The predicted molar refractivity (Wildman–Crippen MR) is 249 cm³/mol. The van der Waals surface area contributed by atoms with Crippen LogP contribution in [0, 0.1) is 0 Å². The van der Waals surface area contributed by atoms with Crippen LogP contribution in [0.15, 0.2) is 225 Å². The van der Waals surface area contributed by atoms with Gasteiger partial charge >= 0.3 is 0 Å². The maximum absolute atomic E-state index is 6.83. The van der Waals surface area contributed by atoms with E-state index in [4.69, 9.17) is 19.7 Å². The highest BCUT2D eigenvalue weighted by Gasteiger charge is 2.39. The van der Waals surface area contributed by atoms with Gasteiger partial charge in [0.15, 0.2) is 5.82 Å². The molecule has 296 valence electrons. The number of ether oxygens (including phenoxy) is 1. The third-order valence-electron chi connectivity index (χ3n) is 11.5. The van der Waals surface area contributed by atoms with E-state index in [2.05, 4.69) is 150 Å². The highest BCUT2D eigenvalue weighted by atomic mass is 16.5. The zero-order chi connectivity index (χ0) is 41.6. The largest absolute Gasteiger partial charge is 0.489 e. The summed E-state index contributed by atoms with van der Waals surface area (Å²) in [6.07, 6.45) is 14.3. The Kier molecular flexibility index (Phi) is 10.6. The fraction of sp³-hybridized carbons (Fsp3) is 0.0536. The monoisotopic (exact) mass is 799 g/mol. The number of hydrogen-bond acceptors (Lipinski definition) is 6. The van der Waals surface area contributed by atoms with Gasteiger partial charge < -0.3 is 4.74 Å². The van der Waals surface area contributed by atoms with Crippen molar-refractivity contribution in [3.63, 3.8) is 0 Å². The van der Waals surface area contributed by atoms with E-state index >= 15 is 0 Å². The van der Waals surface area contributed by atoms with Gasteiger partial charge in [-0.1, -0.05) is 140 Å². The number of allylic oxidation sites excluding steroid dienone is 3. The van der Waals surface area contributed by atoms with Crippen LogP contribution in [0.4, 0.5) is 0 Å². The molecule has 0 fully saturated rings. The Balaban J connectivity index is 1.19. The van der Waals surface area contributed by atoms with Crippen LogP contribution in [-0.2, 0) is 5.41 Å². The fourth-order valence-electron chi connectivity index (χ4n) is 8.38. The van der Waals surface area contributed by atoms with Crippen molar-refractivity contribution in [1.82, 2.24) is 24.9 Å². The van der Waals surface area contributed by atoms with Gasteiger partial charge in [-0.05, 0) is 89.3 Å². The minimum Gasteiger partial charge on any atom is -0.489 e. The maximum Gasteiger partial charge on any atom is 0.160 e. The van der Waals surface area contributed by atoms with Crippen molar-refractivity contribution in [2.24, 2.45) is 0 Å². The number of hydrogen-bond donors (Lipinski definition) is 0. The first kappa shape index (κ1) is 38.1.